The van der Waals surface area contributed by atoms with Crippen LogP contribution in [0.4, 0.5) is 4.79 Å². The molecule has 1 aromatic carbocycles. The first-order valence-corrected chi connectivity index (χ1v) is 8.90. The maximum absolute atomic E-state index is 12.2. The van der Waals surface area contributed by atoms with Gasteiger partial charge in [-0.3, -0.25) is 10.1 Å². The number of carbonyl (C=O) groups is 2. The lowest BCUT2D eigenvalue weighted by atomic mass is 9.65. The Balaban J connectivity index is 1.71. The van der Waals surface area contributed by atoms with Gasteiger partial charge >= 0.3 is 6.03 Å². The molecule has 1 heterocycles. The van der Waals surface area contributed by atoms with Crippen molar-refractivity contribution >= 4 is 33.9 Å². The van der Waals surface area contributed by atoms with E-state index in [2.05, 4.69) is 44.8 Å². The molecule has 1 aliphatic heterocycles. The SMILES string of the molecule is COc1cc2c(cc1C)C=C(Br)C21CCC2(CC1)NC(=O)NC2=O. The Labute approximate surface area is 149 Å². The number of hydrogen-bond acceptors (Lipinski definition) is 3. The molecular weight excluding hydrogens is 372 g/mol. The fraction of sp³-hybridized carbons (Fsp3) is 0.444. The van der Waals surface area contributed by atoms with Gasteiger partial charge in [0, 0.05) is 9.90 Å². The van der Waals surface area contributed by atoms with Crippen LogP contribution in [0, 0.1) is 6.92 Å². The molecule has 2 spiro atoms. The summed E-state index contributed by atoms with van der Waals surface area (Å²) in [5.74, 6) is 0.693. The van der Waals surface area contributed by atoms with Crippen molar-refractivity contribution in [3.05, 3.63) is 33.3 Å². The fourth-order valence-electron chi connectivity index (χ4n) is 4.36. The molecule has 5 nitrogen and oxygen atoms in total. The summed E-state index contributed by atoms with van der Waals surface area (Å²) in [6, 6.07) is 3.90. The molecule has 0 aromatic heterocycles. The number of hydrogen-bond donors (Lipinski definition) is 2. The lowest BCUT2D eigenvalue weighted by Crippen LogP contribution is -2.52. The molecule has 0 radical (unpaired) electrons. The van der Waals surface area contributed by atoms with Crippen LogP contribution in [0.2, 0.25) is 0 Å². The van der Waals surface area contributed by atoms with Gasteiger partial charge in [-0.25, -0.2) is 4.79 Å². The van der Waals surface area contributed by atoms with E-state index in [0.717, 1.165) is 28.6 Å². The van der Waals surface area contributed by atoms with Crippen molar-refractivity contribution in [3.63, 3.8) is 0 Å². The van der Waals surface area contributed by atoms with Crippen molar-refractivity contribution in [1.29, 1.82) is 0 Å². The molecule has 2 aliphatic carbocycles. The average molecular weight is 391 g/mol. The van der Waals surface area contributed by atoms with E-state index in [4.69, 9.17) is 4.74 Å². The van der Waals surface area contributed by atoms with E-state index in [-0.39, 0.29) is 17.4 Å². The molecule has 2 N–H and O–H groups in total. The minimum Gasteiger partial charge on any atom is -0.496 e. The van der Waals surface area contributed by atoms with Crippen LogP contribution in [0.3, 0.4) is 0 Å². The van der Waals surface area contributed by atoms with Crippen LogP contribution in [0.15, 0.2) is 16.6 Å². The highest BCUT2D eigenvalue weighted by Crippen LogP contribution is 2.56. The Hall–Kier alpha value is -1.82. The van der Waals surface area contributed by atoms with E-state index in [1.54, 1.807) is 7.11 Å². The zero-order valence-corrected chi connectivity index (χ0v) is 15.2. The first-order chi connectivity index (χ1) is 11.4. The second-order valence-corrected chi connectivity index (χ2v) is 7.83. The summed E-state index contributed by atoms with van der Waals surface area (Å²) >= 11 is 3.77. The topological polar surface area (TPSA) is 67.4 Å². The second-order valence-electron chi connectivity index (χ2n) is 6.97. The van der Waals surface area contributed by atoms with Crippen LogP contribution in [0.1, 0.15) is 42.4 Å². The zero-order chi connectivity index (χ0) is 17.1. The molecule has 0 atom stereocenters. The van der Waals surface area contributed by atoms with Crippen LogP contribution in [-0.2, 0) is 10.2 Å². The first kappa shape index (κ1) is 15.7. The van der Waals surface area contributed by atoms with E-state index in [0.29, 0.717) is 12.8 Å². The van der Waals surface area contributed by atoms with Gasteiger partial charge in [-0.15, -0.1) is 0 Å². The maximum Gasteiger partial charge on any atom is 0.322 e. The number of urea groups is 1. The van der Waals surface area contributed by atoms with Gasteiger partial charge in [0.2, 0.25) is 0 Å². The van der Waals surface area contributed by atoms with Gasteiger partial charge in [0.15, 0.2) is 0 Å². The number of rotatable bonds is 1. The van der Waals surface area contributed by atoms with E-state index < -0.39 is 5.54 Å². The summed E-state index contributed by atoms with van der Waals surface area (Å²) in [6.45, 7) is 2.04. The fourth-order valence-corrected chi connectivity index (χ4v) is 5.22. The normalized spacial score (nSPS) is 31.0. The summed E-state index contributed by atoms with van der Waals surface area (Å²) < 4.78 is 6.65. The minimum absolute atomic E-state index is 0.130. The number of aryl methyl sites for hydroxylation is 1. The summed E-state index contributed by atoms with van der Waals surface area (Å²) in [5.41, 5.74) is 2.69. The summed E-state index contributed by atoms with van der Waals surface area (Å²) in [7, 11) is 1.69. The van der Waals surface area contributed by atoms with E-state index in [1.807, 2.05) is 6.92 Å². The monoisotopic (exact) mass is 390 g/mol. The van der Waals surface area contributed by atoms with Gasteiger partial charge in [-0.2, -0.15) is 0 Å². The van der Waals surface area contributed by atoms with E-state index in [1.165, 1.54) is 11.1 Å². The standard InChI is InChI=1S/C18H19BrN2O3/c1-10-7-11-8-14(19)17(12(11)9-13(10)24-2)3-5-18(6-4-17)15(22)20-16(23)21-18/h7-9H,3-6H2,1-2H3,(H2,20,21,22,23). The molecule has 4 rings (SSSR count). The van der Waals surface area contributed by atoms with Crippen molar-refractivity contribution < 1.29 is 14.3 Å². The van der Waals surface area contributed by atoms with E-state index >= 15 is 0 Å². The molecule has 1 aromatic rings. The summed E-state index contributed by atoms with van der Waals surface area (Å²) in [5, 5.41) is 5.21. The van der Waals surface area contributed by atoms with Crippen LogP contribution < -0.4 is 15.4 Å². The molecule has 6 heteroatoms. The van der Waals surface area contributed by atoms with Gasteiger partial charge in [0.05, 0.1) is 7.11 Å². The molecule has 1 saturated carbocycles. The Bertz CT molecular complexity index is 792. The maximum atomic E-state index is 12.2. The smallest absolute Gasteiger partial charge is 0.322 e. The van der Waals surface area contributed by atoms with Crippen LogP contribution >= 0.6 is 15.9 Å². The molecule has 126 valence electrons. The second kappa shape index (κ2) is 5.09. The lowest BCUT2D eigenvalue weighted by molar-refractivity contribution is -0.125. The van der Waals surface area contributed by atoms with Gasteiger partial charge in [0.25, 0.3) is 5.91 Å². The van der Waals surface area contributed by atoms with E-state index in [9.17, 15) is 9.59 Å². The van der Waals surface area contributed by atoms with Gasteiger partial charge < -0.3 is 10.1 Å². The molecule has 3 aliphatic rings. The Morgan fingerprint density at radius 3 is 2.46 bits per heavy atom. The largest absolute Gasteiger partial charge is 0.496 e. The predicted molar refractivity (Wildman–Crippen MR) is 94.2 cm³/mol. The van der Waals surface area contributed by atoms with Crippen molar-refractivity contribution in [3.8, 4) is 5.75 Å². The molecular formula is C18H19BrN2O3. The van der Waals surface area contributed by atoms with Crippen molar-refractivity contribution in [2.75, 3.05) is 7.11 Å². The third-order valence-electron chi connectivity index (χ3n) is 5.79. The van der Waals surface area contributed by atoms with Crippen molar-refractivity contribution in [1.82, 2.24) is 10.6 Å². The summed E-state index contributed by atoms with van der Waals surface area (Å²) in [6.07, 6.45) is 5.04. The number of imide groups is 1. The lowest BCUT2D eigenvalue weighted by Gasteiger charge is -2.42. The van der Waals surface area contributed by atoms with Crippen LogP contribution in [-0.4, -0.2) is 24.6 Å². The number of allylic oxidation sites excluding steroid dienone is 1. The van der Waals surface area contributed by atoms with Crippen molar-refractivity contribution in [2.45, 2.75) is 43.6 Å². The number of carbonyl (C=O) groups excluding carboxylic acids is 2. The number of nitrogens with one attached hydrogen (secondary N) is 2. The molecule has 24 heavy (non-hydrogen) atoms. The number of ether oxygens (including phenoxy) is 1. The van der Waals surface area contributed by atoms with Gasteiger partial charge in [-0.05, 0) is 67.5 Å². The van der Waals surface area contributed by atoms with Crippen LogP contribution in [0.25, 0.3) is 6.08 Å². The summed E-state index contributed by atoms with van der Waals surface area (Å²) in [4.78, 5) is 23.7. The number of benzene rings is 1. The predicted octanol–water partition coefficient (Wildman–Crippen LogP) is 3.14. The Morgan fingerprint density at radius 1 is 1.17 bits per heavy atom. The number of amides is 3. The number of methoxy groups -OCH3 is 1. The first-order valence-electron chi connectivity index (χ1n) is 8.11. The molecule has 0 unspecified atom stereocenters. The van der Waals surface area contributed by atoms with Crippen LogP contribution in [0.5, 0.6) is 5.75 Å². The minimum atomic E-state index is -0.743. The van der Waals surface area contributed by atoms with Gasteiger partial charge in [-0.1, -0.05) is 15.9 Å². The van der Waals surface area contributed by atoms with Gasteiger partial charge in [0.1, 0.15) is 11.3 Å². The molecule has 3 amide bonds. The highest BCUT2D eigenvalue weighted by atomic mass is 79.9. The third kappa shape index (κ3) is 1.98. The zero-order valence-electron chi connectivity index (χ0n) is 13.7. The van der Waals surface area contributed by atoms with Crippen molar-refractivity contribution in [2.24, 2.45) is 0 Å². The highest BCUT2D eigenvalue weighted by Gasteiger charge is 2.54. The molecule has 0 bridgehead atoms. The Morgan fingerprint density at radius 2 is 1.88 bits per heavy atom. The molecule has 1 saturated heterocycles. The Kier molecular flexibility index (Phi) is 3.33. The average Bonchev–Trinajstić information content (AvgIpc) is 2.96. The highest BCUT2D eigenvalue weighted by molar-refractivity contribution is 9.11. The molecule has 2 fully saturated rings. The quantitative estimate of drug-likeness (QED) is 0.723. The number of halogens is 1. The third-order valence-corrected chi connectivity index (χ3v) is 6.78. The number of fused-ring (bicyclic) bond motifs is 2.